The lowest BCUT2D eigenvalue weighted by Gasteiger charge is -2.30. The van der Waals surface area contributed by atoms with Gasteiger partial charge in [0.1, 0.15) is 24.1 Å². The van der Waals surface area contributed by atoms with Gasteiger partial charge in [0.25, 0.3) is 0 Å². The molecule has 5 nitrogen and oxygen atoms in total. The molecule has 0 fully saturated rings. The smallest absolute Gasteiger partial charge is 0.148 e. The molecular weight excluding hydrogens is 533 g/mol. The van der Waals surface area contributed by atoms with Gasteiger partial charge in [-0.25, -0.2) is 5.06 Å². The van der Waals surface area contributed by atoms with Crippen LogP contribution in [-0.4, -0.2) is 17.9 Å². The van der Waals surface area contributed by atoms with E-state index in [1.165, 1.54) is 35.5 Å². The van der Waals surface area contributed by atoms with Crippen molar-refractivity contribution in [1.29, 1.82) is 10.5 Å². The van der Waals surface area contributed by atoms with Gasteiger partial charge in [0.2, 0.25) is 0 Å². The van der Waals surface area contributed by atoms with Gasteiger partial charge in [0.15, 0.2) is 0 Å². The van der Waals surface area contributed by atoms with Crippen LogP contribution in [0.2, 0.25) is 15.1 Å². The molecule has 34 heavy (non-hydrogen) atoms. The molecule has 0 aromatic heterocycles. The summed E-state index contributed by atoms with van der Waals surface area (Å²) in [6.45, 7) is 3.47. The summed E-state index contributed by atoms with van der Waals surface area (Å²) >= 11 is 22.1. The van der Waals surface area contributed by atoms with E-state index in [0.29, 0.717) is 29.6 Å². The van der Waals surface area contributed by atoms with Crippen LogP contribution in [0.15, 0.2) is 68.1 Å². The third-order valence-corrected chi connectivity index (χ3v) is 8.34. The maximum atomic E-state index is 10.5. The zero-order valence-electron chi connectivity index (χ0n) is 18.1. The predicted octanol–water partition coefficient (Wildman–Crippen LogP) is 7.79. The van der Waals surface area contributed by atoms with E-state index >= 15 is 0 Å². The van der Waals surface area contributed by atoms with E-state index in [-0.39, 0.29) is 28.4 Å². The molecule has 0 saturated heterocycles. The predicted molar refractivity (Wildman–Crippen MR) is 138 cm³/mol. The third-order valence-electron chi connectivity index (χ3n) is 4.48. The molecule has 0 aliphatic carbocycles. The summed E-state index contributed by atoms with van der Waals surface area (Å²) < 4.78 is 0. The first-order valence-electron chi connectivity index (χ1n) is 9.98. The number of hydrogen-bond acceptors (Lipinski definition) is 7. The van der Waals surface area contributed by atoms with E-state index in [1.807, 2.05) is 42.5 Å². The molecule has 0 aliphatic heterocycles. The highest BCUT2D eigenvalue weighted by Gasteiger charge is 2.31. The maximum absolute atomic E-state index is 10.5. The van der Waals surface area contributed by atoms with Crippen molar-refractivity contribution in [3.63, 3.8) is 0 Å². The van der Waals surface area contributed by atoms with Gasteiger partial charge in [-0.05, 0) is 38.1 Å². The number of halogens is 3. The second-order valence-electron chi connectivity index (χ2n) is 6.73. The van der Waals surface area contributed by atoms with Gasteiger partial charge < -0.3 is 5.11 Å². The first-order chi connectivity index (χ1) is 16.3. The molecule has 3 rings (SSSR count). The Balaban J connectivity index is 2.42. The van der Waals surface area contributed by atoms with Crippen molar-refractivity contribution in [3.8, 4) is 12.1 Å². The van der Waals surface area contributed by atoms with Crippen LogP contribution < -0.4 is 5.06 Å². The molecule has 0 bridgehead atoms. The summed E-state index contributed by atoms with van der Waals surface area (Å²) in [4.78, 5) is 8.08. The summed E-state index contributed by atoms with van der Waals surface area (Å²) in [5.41, 5.74) is 0.183. The molecule has 0 aliphatic rings. The molecule has 0 amide bonds. The van der Waals surface area contributed by atoms with E-state index < -0.39 is 6.23 Å². The molecule has 174 valence electrons. The first-order valence-corrected chi connectivity index (χ1v) is 12.7. The second kappa shape index (κ2) is 12.1. The molecule has 1 unspecified atom stereocenters. The highest BCUT2D eigenvalue weighted by Crippen LogP contribution is 2.52. The number of hydroxylamine groups is 1. The van der Waals surface area contributed by atoms with Crippen molar-refractivity contribution in [3.05, 3.63) is 74.7 Å². The molecule has 10 heteroatoms. The second-order valence-corrected chi connectivity index (χ2v) is 10.0. The quantitative estimate of drug-likeness (QED) is 0.226. The number of benzene rings is 3. The van der Waals surface area contributed by atoms with E-state index in [2.05, 4.69) is 6.07 Å². The van der Waals surface area contributed by atoms with Gasteiger partial charge in [0.05, 0.1) is 37.7 Å². The van der Waals surface area contributed by atoms with E-state index in [0.717, 1.165) is 0 Å². The number of nitriles is 2. The fourth-order valence-corrected chi connectivity index (χ4v) is 6.13. The summed E-state index contributed by atoms with van der Waals surface area (Å²) in [6, 6.07) is 18.5. The Kier molecular flexibility index (Phi) is 9.41. The number of aliphatic hydroxyl groups is 1. The summed E-state index contributed by atoms with van der Waals surface area (Å²) in [5.74, 6) is 0. The fourth-order valence-electron chi connectivity index (χ4n) is 3.05. The number of aliphatic hydroxyl groups excluding tert-OH is 1. The van der Waals surface area contributed by atoms with Gasteiger partial charge in [-0.2, -0.15) is 10.5 Å². The van der Waals surface area contributed by atoms with Gasteiger partial charge in [0, 0.05) is 14.7 Å². The highest BCUT2D eigenvalue weighted by molar-refractivity contribution is 8.02. The average molecular weight is 551 g/mol. The number of hydrogen-bond donors (Lipinski definition) is 1. The minimum absolute atomic E-state index is 0.0140. The zero-order chi connectivity index (χ0) is 24.8. The first kappa shape index (κ1) is 26.5. The topological polar surface area (TPSA) is 80.3 Å². The third kappa shape index (κ3) is 5.59. The molecule has 3 aromatic carbocycles. The van der Waals surface area contributed by atoms with Gasteiger partial charge >= 0.3 is 0 Å². The average Bonchev–Trinajstić information content (AvgIpc) is 2.82. The Morgan fingerprint density at radius 3 is 1.85 bits per heavy atom. The van der Waals surface area contributed by atoms with Crippen LogP contribution in [-0.2, 0) is 4.84 Å². The number of rotatable bonds is 8. The van der Waals surface area contributed by atoms with Crippen molar-refractivity contribution in [2.75, 3.05) is 11.7 Å². The largest absolute Gasteiger partial charge is 0.372 e. The molecule has 0 radical (unpaired) electrons. The Bertz CT molecular complexity index is 1290. The van der Waals surface area contributed by atoms with Gasteiger partial charge in [-0.3, -0.25) is 4.84 Å². The van der Waals surface area contributed by atoms with Crippen LogP contribution in [0.1, 0.15) is 25.0 Å². The fraction of sp³-hybridized carbons (Fsp3) is 0.167. The SMILES string of the molecule is CCON(c1c(C#N)c(C#N)c(Cl)c(Sc2ccccc2Cl)c1Sc1ccccc1Cl)C(C)O. The van der Waals surface area contributed by atoms with Gasteiger partial charge in [-0.15, -0.1) is 0 Å². The molecule has 1 atom stereocenters. The van der Waals surface area contributed by atoms with Crippen molar-refractivity contribution < 1.29 is 9.94 Å². The Morgan fingerprint density at radius 2 is 1.41 bits per heavy atom. The Labute approximate surface area is 221 Å². The van der Waals surface area contributed by atoms with Crippen molar-refractivity contribution in [2.24, 2.45) is 0 Å². The summed E-state index contributed by atoms with van der Waals surface area (Å²) in [5, 5.41) is 32.8. The molecule has 0 saturated carbocycles. The molecule has 3 aromatic rings. The van der Waals surface area contributed by atoms with E-state index in [4.69, 9.17) is 39.6 Å². The van der Waals surface area contributed by atoms with E-state index in [1.54, 1.807) is 19.1 Å². The van der Waals surface area contributed by atoms with E-state index in [9.17, 15) is 15.6 Å². The van der Waals surface area contributed by atoms with Crippen molar-refractivity contribution >= 4 is 64.0 Å². The van der Waals surface area contributed by atoms with Crippen LogP contribution in [0.25, 0.3) is 0 Å². The summed E-state index contributed by atoms with van der Waals surface area (Å²) in [7, 11) is 0. The summed E-state index contributed by atoms with van der Waals surface area (Å²) in [6.07, 6.45) is -1.14. The molecular formula is C24H18Cl3N3O2S2. The van der Waals surface area contributed by atoms with Crippen molar-refractivity contribution in [1.82, 2.24) is 0 Å². The normalized spacial score (nSPS) is 11.5. The minimum Gasteiger partial charge on any atom is -0.372 e. The number of nitrogens with zero attached hydrogens (tertiary/aromatic N) is 3. The lowest BCUT2D eigenvalue weighted by Crippen LogP contribution is -2.34. The highest BCUT2D eigenvalue weighted by atomic mass is 35.5. The van der Waals surface area contributed by atoms with Gasteiger partial charge in [-0.1, -0.05) is 82.6 Å². The Morgan fingerprint density at radius 1 is 0.912 bits per heavy atom. The lowest BCUT2D eigenvalue weighted by molar-refractivity contribution is 0.0211. The maximum Gasteiger partial charge on any atom is 0.148 e. The van der Waals surface area contributed by atoms with Crippen LogP contribution >= 0.6 is 58.3 Å². The standard InChI is InChI=1S/C24H18Cl3N3O2S2/c1-3-32-30(14(2)31)22-16(13-29)15(12-28)21(27)23(33-19-10-6-4-8-17(19)25)24(22)34-20-11-7-5-9-18(20)26/h4-11,14,31H,3H2,1-2H3. The van der Waals surface area contributed by atoms with Crippen LogP contribution in [0, 0.1) is 22.7 Å². The molecule has 0 heterocycles. The number of anilines is 1. The minimum atomic E-state index is -1.14. The monoisotopic (exact) mass is 549 g/mol. The zero-order valence-corrected chi connectivity index (χ0v) is 22.0. The Hall–Kier alpha value is -2.07. The molecule has 1 N–H and O–H groups in total. The van der Waals surface area contributed by atoms with Crippen LogP contribution in [0.4, 0.5) is 5.69 Å². The van der Waals surface area contributed by atoms with Crippen LogP contribution in [0.5, 0.6) is 0 Å². The molecule has 0 spiro atoms. The van der Waals surface area contributed by atoms with Crippen LogP contribution in [0.3, 0.4) is 0 Å². The van der Waals surface area contributed by atoms with Crippen molar-refractivity contribution in [2.45, 2.75) is 39.7 Å². The lowest BCUT2D eigenvalue weighted by atomic mass is 10.1.